The van der Waals surface area contributed by atoms with Gasteiger partial charge in [-0.15, -0.1) is 0 Å². The average Bonchev–Trinajstić information content (AvgIpc) is 2.62. The average molecular weight is 206 g/mol. The first-order valence-electron chi connectivity index (χ1n) is 5.22. The second-order valence-electron chi connectivity index (χ2n) is 3.93. The van der Waals surface area contributed by atoms with E-state index in [1.807, 2.05) is 37.3 Å². The lowest BCUT2D eigenvalue weighted by molar-refractivity contribution is 0.0357. The highest BCUT2D eigenvalue weighted by Crippen LogP contribution is 2.19. The number of hydrogen-bond donors (Lipinski definition) is 1. The van der Waals surface area contributed by atoms with E-state index in [4.69, 9.17) is 9.31 Å². The number of aliphatic hydroxyl groups excluding tert-OH is 1. The molecule has 1 aliphatic rings. The molecule has 0 amide bonds. The van der Waals surface area contributed by atoms with Crippen molar-refractivity contribution in [2.24, 2.45) is 0 Å². The third kappa shape index (κ3) is 2.22. The summed E-state index contributed by atoms with van der Waals surface area (Å²) in [6, 6.07) is 9.77. The van der Waals surface area contributed by atoms with Crippen LogP contribution in [0.3, 0.4) is 0 Å². The van der Waals surface area contributed by atoms with E-state index in [0.717, 1.165) is 5.46 Å². The Morgan fingerprint density at radius 1 is 1.27 bits per heavy atom. The molecule has 0 radical (unpaired) electrons. The summed E-state index contributed by atoms with van der Waals surface area (Å²) in [5.41, 5.74) is 0.993. The summed E-state index contributed by atoms with van der Waals surface area (Å²) in [6.45, 7) is 3.64. The SMILES string of the molecule is C[C@@H](O)[C@@H]1OB(c2ccccc2)O[C@@H]1C. The van der Waals surface area contributed by atoms with Crippen molar-refractivity contribution in [1.29, 1.82) is 0 Å². The highest BCUT2D eigenvalue weighted by molar-refractivity contribution is 6.61. The van der Waals surface area contributed by atoms with Crippen LogP contribution in [0.4, 0.5) is 0 Å². The van der Waals surface area contributed by atoms with E-state index in [9.17, 15) is 5.11 Å². The van der Waals surface area contributed by atoms with Crippen LogP contribution in [0, 0.1) is 0 Å². The molecular formula is C11H15BO3. The Hall–Kier alpha value is -0.835. The van der Waals surface area contributed by atoms with Gasteiger partial charge in [-0.05, 0) is 19.3 Å². The monoisotopic (exact) mass is 206 g/mol. The molecule has 1 fully saturated rings. The van der Waals surface area contributed by atoms with Crippen molar-refractivity contribution in [3.05, 3.63) is 30.3 Å². The number of hydrogen-bond acceptors (Lipinski definition) is 3. The van der Waals surface area contributed by atoms with Crippen LogP contribution in [0.1, 0.15) is 13.8 Å². The predicted octanol–water partition coefficient (Wildman–Crippen LogP) is 0.566. The normalized spacial score (nSPS) is 28.1. The van der Waals surface area contributed by atoms with Gasteiger partial charge in [0, 0.05) is 0 Å². The third-order valence-electron chi connectivity index (χ3n) is 2.63. The standard InChI is InChI=1S/C11H15BO3/c1-8(13)11-9(2)14-12(15-11)10-6-4-3-5-7-10/h3-9,11,13H,1-2H3/t8-,9-,11+/m1/s1. The van der Waals surface area contributed by atoms with E-state index in [2.05, 4.69) is 0 Å². The van der Waals surface area contributed by atoms with E-state index in [0.29, 0.717) is 0 Å². The summed E-state index contributed by atoms with van der Waals surface area (Å²) in [6.07, 6.45) is -0.820. The molecule has 80 valence electrons. The van der Waals surface area contributed by atoms with E-state index < -0.39 is 6.10 Å². The Labute approximate surface area is 90.2 Å². The van der Waals surface area contributed by atoms with Gasteiger partial charge in [0.1, 0.15) is 0 Å². The summed E-state index contributed by atoms with van der Waals surface area (Å²) in [7, 11) is -0.346. The highest BCUT2D eigenvalue weighted by atomic mass is 16.7. The fourth-order valence-corrected chi connectivity index (χ4v) is 1.83. The number of aliphatic hydroxyl groups is 1. The van der Waals surface area contributed by atoms with Gasteiger partial charge >= 0.3 is 7.12 Å². The van der Waals surface area contributed by atoms with Crippen molar-refractivity contribution >= 4 is 12.6 Å². The van der Waals surface area contributed by atoms with Crippen molar-refractivity contribution in [1.82, 2.24) is 0 Å². The zero-order valence-electron chi connectivity index (χ0n) is 8.96. The Morgan fingerprint density at radius 3 is 2.47 bits per heavy atom. The van der Waals surface area contributed by atoms with E-state index in [1.165, 1.54) is 0 Å². The fourth-order valence-electron chi connectivity index (χ4n) is 1.83. The summed E-state index contributed by atoms with van der Waals surface area (Å²) < 4.78 is 11.3. The molecule has 1 aromatic carbocycles. The molecule has 0 unspecified atom stereocenters. The van der Waals surface area contributed by atoms with Crippen LogP contribution in [0.25, 0.3) is 0 Å². The second-order valence-corrected chi connectivity index (χ2v) is 3.93. The molecule has 0 saturated carbocycles. The zero-order valence-corrected chi connectivity index (χ0v) is 8.96. The van der Waals surface area contributed by atoms with Crippen molar-refractivity contribution in [3.63, 3.8) is 0 Å². The maximum Gasteiger partial charge on any atom is 0.494 e. The van der Waals surface area contributed by atoms with Crippen molar-refractivity contribution < 1.29 is 14.4 Å². The predicted molar refractivity (Wildman–Crippen MR) is 58.9 cm³/mol. The zero-order chi connectivity index (χ0) is 10.8. The fraction of sp³-hybridized carbons (Fsp3) is 0.455. The van der Waals surface area contributed by atoms with Crippen LogP contribution in [0.2, 0.25) is 0 Å². The maximum absolute atomic E-state index is 9.48. The molecule has 1 heterocycles. The minimum atomic E-state index is -0.506. The smallest absolute Gasteiger partial charge is 0.402 e. The van der Waals surface area contributed by atoms with Crippen LogP contribution >= 0.6 is 0 Å². The molecule has 3 atom stereocenters. The summed E-state index contributed by atoms with van der Waals surface area (Å²) >= 11 is 0. The van der Waals surface area contributed by atoms with Gasteiger partial charge in [0.05, 0.1) is 18.3 Å². The van der Waals surface area contributed by atoms with Gasteiger partial charge in [0.25, 0.3) is 0 Å². The van der Waals surface area contributed by atoms with Gasteiger partial charge in [-0.3, -0.25) is 0 Å². The molecule has 0 aliphatic carbocycles. The molecule has 2 rings (SSSR count). The van der Waals surface area contributed by atoms with Gasteiger partial charge in [-0.1, -0.05) is 30.3 Å². The Balaban J connectivity index is 2.09. The summed E-state index contributed by atoms with van der Waals surface area (Å²) in [5.74, 6) is 0. The Morgan fingerprint density at radius 2 is 1.93 bits per heavy atom. The molecular weight excluding hydrogens is 191 g/mol. The number of benzene rings is 1. The molecule has 1 saturated heterocycles. The van der Waals surface area contributed by atoms with Gasteiger partial charge in [0.2, 0.25) is 0 Å². The topological polar surface area (TPSA) is 38.7 Å². The van der Waals surface area contributed by atoms with Crippen molar-refractivity contribution in [2.45, 2.75) is 32.2 Å². The highest BCUT2D eigenvalue weighted by Gasteiger charge is 2.40. The van der Waals surface area contributed by atoms with Gasteiger partial charge in [0.15, 0.2) is 0 Å². The van der Waals surface area contributed by atoms with Crippen molar-refractivity contribution in [2.75, 3.05) is 0 Å². The van der Waals surface area contributed by atoms with Crippen LogP contribution < -0.4 is 5.46 Å². The molecule has 0 aromatic heterocycles. The minimum absolute atomic E-state index is 0.0739. The van der Waals surface area contributed by atoms with Crippen LogP contribution in [-0.4, -0.2) is 30.5 Å². The van der Waals surface area contributed by atoms with Gasteiger partial charge in [-0.25, -0.2) is 0 Å². The molecule has 1 aliphatic heterocycles. The first-order chi connectivity index (χ1) is 7.18. The largest absolute Gasteiger partial charge is 0.494 e. The molecule has 0 bridgehead atoms. The molecule has 1 aromatic rings. The quantitative estimate of drug-likeness (QED) is 0.718. The van der Waals surface area contributed by atoms with E-state index >= 15 is 0 Å². The second kappa shape index (κ2) is 4.35. The molecule has 4 heteroatoms. The first-order valence-corrected chi connectivity index (χ1v) is 5.22. The minimum Gasteiger partial charge on any atom is -0.402 e. The van der Waals surface area contributed by atoms with Crippen molar-refractivity contribution in [3.8, 4) is 0 Å². The third-order valence-corrected chi connectivity index (χ3v) is 2.63. The maximum atomic E-state index is 9.48. The van der Waals surface area contributed by atoms with E-state index in [1.54, 1.807) is 6.92 Å². The molecule has 3 nitrogen and oxygen atoms in total. The van der Waals surface area contributed by atoms with Crippen LogP contribution in [0.15, 0.2) is 30.3 Å². The van der Waals surface area contributed by atoms with Gasteiger partial charge in [-0.2, -0.15) is 0 Å². The van der Waals surface area contributed by atoms with Crippen LogP contribution in [-0.2, 0) is 9.31 Å². The Bertz CT molecular complexity index is 315. The Kier molecular flexibility index (Phi) is 3.10. The summed E-state index contributed by atoms with van der Waals surface area (Å²) in [4.78, 5) is 0. The summed E-state index contributed by atoms with van der Waals surface area (Å²) in [5, 5.41) is 9.48. The lowest BCUT2D eigenvalue weighted by Crippen LogP contribution is -2.34. The number of rotatable bonds is 2. The molecule has 15 heavy (non-hydrogen) atoms. The first kappa shape index (κ1) is 10.7. The lowest BCUT2D eigenvalue weighted by atomic mass is 9.79. The molecule has 1 N–H and O–H groups in total. The lowest BCUT2D eigenvalue weighted by Gasteiger charge is -2.16. The van der Waals surface area contributed by atoms with Crippen LogP contribution in [0.5, 0.6) is 0 Å². The van der Waals surface area contributed by atoms with E-state index in [-0.39, 0.29) is 19.3 Å². The molecule has 0 spiro atoms. The van der Waals surface area contributed by atoms with Gasteiger partial charge < -0.3 is 14.4 Å².